The molecular formula is C73H82N8O6S2. The number of para-hydroxylation sites is 4. The molecule has 89 heavy (non-hydrogen) atoms. The van der Waals surface area contributed by atoms with Crippen molar-refractivity contribution in [2.24, 2.45) is 0 Å². The Morgan fingerprint density at radius 3 is 1.56 bits per heavy atom. The molecule has 0 fully saturated rings. The van der Waals surface area contributed by atoms with Crippen LogP contribution in [-0.2, 0) is 6.42 Å². The van der Waals surface area contributed by atoms with E-state index in [0.717, 1.165) is 90.9 Å². The minimum atomic E-state index is -0.496. The number of aryl methyl sites for hydroxylation is 6. The van der Waals surface area contributed by atoms with Crippen molar-refractivity contribution in [2.45, 2.75) is 109 Å². The van der Waals surface area contributed by atoms with Gasteiger partial charge in [-0.3, -0.25) is 15.0 Å². The van der Waals surface area contributed by atoms with Gasteiger partial charge >= 0.3 is 0 Å². The fourth-order valence-electron chi connectivity index (χ4n) is 8.47. The van der Waals surface area contributed by atoms with Gasteiger partial charge in [0.05, 0.1) is 50.1 Å². The van der Waals surface area contributed by atoms with E-state index in [1.165, 1.54) is 55.2 Å². The number of rotatable bonds is 0. The second kappa shape index (κ2) is 36.1. The van der Waals surface area contributed by atoms with Gasteiger partial charge < -0.3 is 23.7 Å². The highest BCUT2D eigenvalue weighted by atomic mass is 32.1. The lowest BCUT2D eigenvalue weighted by Crippen LogP contribution is -2.29. The molecule has 0 radical (unpaired) electrons. The van der Waals surface area contributed by atoms with Gasteiger partial charge in [0.15, 0.2) is 23.0 Å². The molecule has 5 aromatic heterocycles. The maximum atomic E-state index is 5.47. The molecule has 13 aromatic rings. The maximum Gasteiger partial charge on any atom is 0.246 e. The van der Waals surface area contributed by atoms with E-state index in [2.05, 4.69) is 93.9 Å². The van der Waals surface area contributed by atoms with Gasteiger partial charge in [0.25, 0.3) is 0 Å². The average Bonchev–Trinajstić information content (AvgIpc) is 3.73. The van der Waals surface area contributed by atoms with Gasteiger partial charge in [-0.1, -0.05) is 126 Å². The van der Waals surface area contributed by atoms with Crippen LogP contribution in [0.4, 0.5) is 0 Å². The lowest BCUT2D eigenvalue weighted by atomic mass is 10.2. The summed E-state index contributed by atoms with van der Waals surface area (Å²) in [5, 5.41) is 9.71. The van der Waals surface area contributed by atoms with E-state index >= 15 is 0 Å². The zero-order valence-electron chi connectivity index (χ0n) is 53.6. The summed E-state index contributed by atoms with van der Waals surface area (Å²) in [5.74, 6) is 3.97. The number of nitrogens with zero attached hydrogens (tertiary/aromatic N) is 8. The number of pyridine rings is 1. The summed E-state index contributed by atoms with van der Waals surface area (Å²) in [4.78, 5) is 16.9. The van der Waals surface area contributed by atoms with Crippen molar-refractivity contribution in [3.63, 3.8) is 0 Å². The van der Waals surface area contributed by atoms with Gasteiger partial charge in [0.2, 0.25) is 5.79 Å². The van der Waals surface area contributed by atoms with E-state index in [-0.39, 0.29) is 0 Å². The number of hydrogen-bond acceptors (Lipinski definition) is 16. The molecule has 8 heterocycles. The summed E-state index contributed by atoms with van der Waals surface area (Å²) < 4.78 is 41.0. The Morgan fingerprint density at radius 1 is 0.382 bits per heavy atom. The predicted molar refractivity (Wildman–Crippen MR) is 367 cm³/mol. The molecule has 462 valence electrons. The molecule has 0 aliphatic carbocycles. The number of benzene rings is 8. The molecule has 16 rings (SSSR count). The maximum absolute atomic E-state index is 5.47. The van der Waals surface area contributed by atoms with Gasteiger partial charge in [-0.05, 0) is 176 Å². The van der Waals surface area contributed by atoms with Crippen LogP contribution in [0.2, 0.25) is 0 Å². The second-order valence-corrected chi connectivity index (χ2v) is 21.6. The van der Waals surface area contributed by atoms with E-state index < -0.39 is 5.79 Å². The molecule has 3 aliphatic heterocycles. The standard InChI is InChI=1S/C9H8N2.C9H9NS.C9H7N.2C9H10O2.C8H8O.C7H6N2O.C7H6N2S.3C2H6/c1-7-2-3-8-9(6-7)11-5-4-10-8;1-6-3-4-9-8(5-6)10-7(2)11-9;1-2-6-9-8(4-1)5-3-7-10-9;1-9(2)10-7-5-3-4-6-8(7)11-9;1-7-2-3-8-9(6-7)11-5-4-10-8;1-2-4-8-7(3-1)5-6-9-8;2*1-5-2-3-6-7(4-5)9-10-8-6;3*1-2/h2-6H,1H3;3-5H,1-2H3;1-7H;3-6H,1-2H3;2-3,6H,4-5H2,1H3;1-4H,5-6H2;2*2-4H,1H3;3*1-2H3. The molecule has 3 aliphatic rings. The molecule has 8 aromatic carbocycles. The first-order valence-electron chi connectivity index (χ1n) is 30.0. The summed E-state index contributed by atoms with van der Waals surface area (Å²) in [7, 11) is 0. The van der Waals surface area contributed by atoms with E-state index in [4.69, 9.17) is 23.7 Å². The highest BCUT2D eigenvalue weighted by Gasteiger charge is 2.30. The lowest BCUT2D eigenvalue weighted by molar-refractivity contribution is -0.0431. The summed E-state index contributed by atoms with van der Waals surface area (Å²) in [6, 6.07) is 58.2. The van der Waals surface area contributed by atoms with Gasteiger partial charge in [-0.25, -0.2) is 9.61 Å². The van der Waals surface area contributed by atoms with Crippen molar-refractivity contribution in [1.29, 1.82) is 0 Å². The number of aromatic nitrogens is 8. The lowest BCUT2D eigenvalue weighted by Gasteiger charge is -2.18. The third-order valence-corrected chi connectivity index (χ3v) is 14.0. The van der Waals surface area contributed by atoms with Gasteiger partial charge in [-0.2, -0.15) is 8.75 Å². The number of fused-ring (bicyclic) bond motifs is 8. The van der Waals surface area contributed by atoms with E-state index in [0.29, 0.717) is 13.2 Å². The Labute approximate surface area is 532 Å². The number of thiazole rings is 1. The van der Waals surface area contributed by atoms with Crippen molar-refractivity contribution in [1.82, 2.24) is 39.0 Å². The molecule has 0 unspecified atom stereocenters. The fraction of sp³-hybridized carbons (Fsp3) is 0.260. The molecule has 0 atom stereocenters. The number of hydrogen-bond donors (Lipinski definition) is 0. The van der Waals surface area contributed by atoms with Crippen LogP contribution in [0.5, 0.6) is 28.7 Å². The Balaban J connectivity index is 0.000000160. The zero-order valence-corrected chi connectivity index (χ0v) is 55.3. The van der Waals surface area contributed by atoms with Crippen LogP contribution in [0.1, 0.15) is 93.8 Å². The molecular weight excluding hydrogens is 1150 g/mol. The predicted octanol–water partition coefficient (Wildman–Crippen LogP) is 19.3. The molecule has 0 saturated carbocycles. The Kier molecular flexibility index (Phi) is 27.8. The van der Waals surface area contributed by atoms with Crippen molar-refractivity contribution < 1.29 is 28.3 Å². The second-order valence-electron chi connectivity index (χ2n) is 19.9. The Hall–Kier alpha value is -9.38. The van der Waals surface area contributed by atoms with Crippen LogP contribution >= 0.6 is 23.1 Å². The normalized spacial score (nSPS) is 11.8. The Morgan fingerprint density at radius 2 is 0.876 bits per heavy atom. The fourth-order valence-corrected chi connectivity index (χ4v) is 9.79. The molecule has 0 spiro atoms. The van der Waals surface area contributed by atoms with Gasteiger partial charge in [0.1, 0.15) is 41.0 Å². The SMILES string of the molecule is CC.CC.CC.CC1(C)Oc2ccccc2O1.Cc1ccc2c(c1)OCCO2.Cc1ccc2nccnc2c1.Cc1ccc2nonc2c1.Cc1ccc2nsnc2c1.Cc1ccc2sc(C)nc2c1.c1ccc2c(c1)CCO2.c1ccc2ncccc2c1. The molecule has 16 heteroatoms. The average molecular weight is 1230 g/mol. The van der Waals surface area contributed by atoms with E-state index in [1.807, 2.05) is 229 Å². The third kappa shape index (κ3) is 21.8. The molecule has 14 nitrogen and oxygen atoms in total. The summed E-state index contributed by atoms with van der Waals surface area (Å²) in [6.45, 7) is 30.3. The molecule has 0 amide bonds. The number of ether oxygens (including phenoxy) is 5. The minimum absolute atomic E-state index is 0.496. The van der Waals surface area contributed by atoms with Crippen LogP contribution in [0, 0.1) is 41.5 Å². The molecule has 0 bridgehead atoms. The van der Waals surface area contributed by atoms with Crippen molar-refractivity contribution >= 4 is 77.3 Å². The zero-order chi connectivity index (χ0) is 64.0. The first-order chi connectivity index (χ1) is 43.3. The largest absolute Gasteiger partial charge is 0.493 e. The van der Waals surface area contributed by atoms with Crippen molar-refractivity contribution in [3.05, 3.63) is 233 Å². The van der Waals surface area contributed by atoms with Crippen molar-refractivity contribution in [2.75, 3.05) is 19.8 Å². The summed E-state index contributed by atoms with van der Waals surface area (Å²) >= 11 is 3.01. The van der Waals surface area contributed by atoms with Crippen LogP contribution in [0.15, 0.2) is 199 Å². The van der Waals surface area contributed by atoms with E-state index in [9.17, 15) is 0 Å². The highest BCUT2D eigenvalue weighted by molar-refractivity contribution is 7.18. The first kappa shape index (κ1) is 68.7. The van der Waals surface area contributed by atoms with Crippen molar-refractivity contribution in [3.8, 4) is 28.7 Å². The highest BCUT2D eigenvalue weighted by Crippen LogP contribution is 2.38. The quantitative estimate of drug-likeness (QED) is 0.141. The topological polar surface area (TPSA) is 162 Å². The van der Waals surface area contributed by atoms with E-state index in [1.54, 1.807) is 23.7 Å². The monoisotopic (exact) mass is 1230 g/mol. The van der Waals surface area contributed by atoms with Crippen LogP contribution in [-0.4, -0.2) is 64.6 Å². The Bertz CT molecular complexity index is 4020. The van der Waals surface area contributed by atoms with Crippen LogP contribution < -0.4 is 23.7 Å². The van der Waals surface area contributed by atoms with Gasteiger partial charge in [-0.15, -0.1) is 11.3 Å². The van der Waals surface area contributed by atoms with Crippen LogP contribution in [0.25, 0.3) is 54.2 Å². The summed E-state index contributed by atoms with van der Waals surface area (Å²) in [6.07, 6.45) is 6.30. The molecule has 0 saturated heterocycles. The smallest absolute Gasteiger partial charge is 0.246 e. The minimum Gasteiger partial charge on any atom is -0.493 e. The first-order valence-corrected chi connectivity index (χ1v) is 31.6. The third-order valence-electron chi connectivity index (χ3n) is 12.5. The van der Waals surface area contributed by atoms with Crippen LogP contribution in [0.3, 0.4) is 0 Å². The molecule has 0 N–H and O–H groups in total. The summed E-state index contributed by atoms with van der Waals surface area (Å²) in [5.41, 5.74) is 15.2. The van der Waals surface area contributed by atoms with Gasteiger partial charge in [0, 0.05) is 44.2 Å².